The number of benzene rings is 2. The summed E-state index contributed by atoms with van der Waals surface area (Å²) < 4.78 is 0. The summed E-state index contributed by atoms with van der Waals surface area (Å²) in [4.78, 5) is 27.7. The molecule has 1 atom stereocenters. The lowest BCUT2D eigenvalue weighted by molar-refractivity contribution is -0.140. The maximum atomic E-state index is 13.2. The van der Waals surface area contributed by atoms with Gasteiger partial charge in [-0.25, -0.2) is 0 Å². The summed E-state index contributed by atoms with van der Waals surface area (Å²) in [5.74, 6) is -0.322. The summed E-state index contributed by atoms with van der Waals surface area (Å²) in [7, 11) is 0. The normalized spacial score (nSPS) is 15.1. The minimum absolute atomic E-state index is 0.113. The fraction of sp³-hybridized carbons (Fsp3) is 0.391. The molecule has 0 heterocycles. The van der Waals surface area contributed by atoms with Gasteiger partial charge in [-0.3, -0.25) is 9.59 Å². The number of halogens is 3. The Labute approximate surface area is 192 Å². The van der Waals surface area contributed by atoms with Gasteiger partial charge in [0.15, 0.2) is 0 Å². The average molecular weight is 468 g/mol. The molecule has 160 valence electrons. The SMILES string of the molecule is CC(C(=O)NC1CCCC1)N(Cc1ccc(Cl)c(Cl)c1)C(=O)Cc1ccccc1Cl. The van der Waals surface area contributed by atoms with Gasteiger partial charge in [0.1, 0.15) is 6.04 Å². The molecule has 0 saturated heterocycles. The third-order valence-electron chi connectivity index (χ3n) is 5.51. The van der Waals surface area contributed by atoms with E-state index in [1.165, 1.54) is 0 Å². The quantitative estimate of drug-likeness (QED) is 0.571. The molecule has 1 saturated carbocycles. The summed E-state index contributed by atoms with van der Waals surface area (Å²) in [6.45, 7) is 2.01. The van der Waals surface area contributed by atoms with Crippen LogP contribution in [0.2, 0.25) is 15.1 Å². The van der Waals surface area contributed by atoms with Crippen LogP contribution in [0.1, 0.15) is 43.7 Å². The van der Waals surface area contributed by atoms with Crippen molar-refractivity contribution in [3.05, 3.63) is 68.7 Å². The second-order valence-electron chi connectivity index (χ2n) is 7.70. The van der Waals surface area contributed by atoms with Gasteiger partial charge in [-0.1, -0.05) is 71.9 Å². The Balaban J connectivity index is 1.80. The zero-order valence-corrected chi connectivity index (χ0v) is 19.1. The van der Waals surface area contributed by atoms with Crippen molar-refractivity contribution in [1.29, 1.82) is 0 Å². The van der Waals surface area contributed by atoms with Crippen LogP contribution in [0.3, 0.4) is 0 Å². The van der Waals surface area contributed by atoms with Gasteiger partial charge in [-0.2, -0.15) is 0 Å². The minimum Gasteiger partial charge on any atom is -0.352 e. The standard InChI is InChI=1S/C23H25Cl3N2O2/c1-15(23(30)27-18-7-3-4-8-18)28(14-16-10-11-20(25)21(26)12-16)22(29)13-17-6-2-5-9-19(17)24/h2,5-6,9-12,15,18H,3-4,7-8,13-14H2,1H3,(H,27,30). The Morgan fingerprint density at radius 3 is 2.40 bits per heavy atom. The van der Waals surface area contributed by atoms with E-state index in [0.29, 0.717) is 15.1 Å². The highest BCUT2D eigenvalue weighted by Crippen LogP contribution is 2.25. The molecule has 7 heteroatoms. The number of carbonyl (C=O) groups excluding carboxylic acids is 2. The number of rotatable bonds is 7. The molecule has 1 aliphatic carbocycles. The van der Waals surface area contributed by atoms with Crippen molar-refractivity contribution in [1.82, 2.24) is 10.2 Å². The summed E-state index contributed by atoms with van der Waals surface area (Å²) in [6.07, 6.45) is 4.33. The van der Waals surface area contributed by atoms with Gasteiger partial charge in [0.05, 0.1) is 16.5 Å². The maximum Gasteiger partial charge on any atom is 0.242 e. The Hall–Kier alpha value is -1.75. The molecule has 1 aliphatic rings. The Kier molecular flexibility index (Phi) is 8.04. The molecule has 2 aromatic rings. The van der Waals surface area contributed by atoms with Gasteiger partial charge in [-0.15, -0.1) is 0 Å². The van der Waals surface area contributed by atoms with Crippen molar-refractivity contribution in [3.63, 3.8) is 0 Å². The predicted octanol–water partition coefficient (Wildman–Crippen LogP) is 5.67. The van der Waals surface area contributed by atoms with Crippen LogP contribution in [0.4, 0.5) is 0 Å². The van der Waals surface area contributed by atoms with Gasteiger partial charge in [-0.05, 0) is 49.1 Å². The van der Waals surface area contributed by atoms with Crippen LogP contribution >= 0.6 is 34.8 Å². The van der Waals surface area contributed by atoms with Crippen molar-refractivity contribution in [3.8, 4) is 0 Å². The topological polar surface area (TPSA) is 49.4 Å². The molecule has 0 spiro atoms. The van der Waals surface area contributed by atoms with E-state index in [4.69, 9.17) is 34.8 Å². The van der Waals surface area contributed by atoms with Crippen LogP contribution in [-0.2, 0) is 22.6 Å². The largest absolute Gasteiger partial charge is 0.352 e. The molecule has 1 unspecified atom stereocenters. The first-order chi connectivity index (χ1) is 14.3. The number of nitrogens with one attached hydrogen (secondary N) is 1. The van der Waals surface area contributed by atoms with E-state index >= 15 is 0 Å². The molecule has 1 N–H and O–H groups in total. The summed E-state index contributed by atoms with van der Waals surface area (Å²) in [6, 6.07) is 12.0. The molecule has 2 amide bonds. The van der Waals surface area contributed by atoms with E-state index in [1.807, 2.05) is 24.3 Å². The molecule has 3 rings (SSSR count). The lowest BCUT2D eigenvalue weighted by Gasteiger charge is -2.30. The van der Waals surface area contributed by atoms with Gasteiger partial charge < -0.3 is 10.2 Å². The molecule has 4 nitrogen and oxygen atoms in total. The van der Waals surface area contributed by atoms with Crippen LogP contribution in [0.25, 0.3) is 0 Å². The van der Waals surface area contributed by atoms with Crippen molar-refractivity contribution in [2.45, 2.75) is 57.7 Å². The van der Waals surface area contributed by atoms with E-state index < -0.39 is 6.04 Å². The van der Waals surface area contributed by atoms with Crippen LogP contribution in [-0.4, -0.2) is 28.8 Å². The molecule has 0 bridgehead atoms. The minimum atomic E-state index is -0.630. The van der Waals surface area contributed by atoms with Crippen molar-refractivity contribution in [2.24, 2.45) is 0 Å². The summed E-state index contributed by atoms with van der Waals surface area (Å²) in [5.41, 5.74) is 1.53. The number of amides is 2. The Morgan fingerprint density at radius 1 is 1.03 bits per heavy atom. The van der Waals surface area contributed by atoms with Crippen LogP contribution in [0, 0.1) is 0 Å². The van der Waals surface area contributed by atoms with Crippen LogP contribution < -0.4 is 5.32 Å². The van der Waals surface area contributed by atoms with Gasteiger partial charge >= 0.3 is 0 Å². The van der Waals surface area contributed by atoms with Crippen molar-refractivity contribution < 1.29 is 9.59 Å². The van der Waals surface area contributed by atoms with Crippen molar-refractivity contribution >= 4 is 46.6 Å². The van der Waals surface area contributed by atoms with E-state index in [0.717, 1.165) is 36.8 Å². The second kappa shape index (κ2) is 10.5. The highest BCUT2D eigenvalue weighted by molar-refractivity contribution is 6.42. The van der Waals surface area contributed by atoms with Gasteiger partial charge in [0.25, 0.3) is 0 Å². The predicted molar refractivity (Wildman–Crippen MR) is 122 cm³/mol. The van der Waals surface area contributed by atoms with Gasteiger partial charge in [0.2, 0.25) is 11.8 Å². The smallest absolute Gasteiger partial charge is 0.242 e. The third kappa shape index (κ3) is 5.90. The molecule has 2 aromatic carbocycles. The number of hydrogen-bond donors (Lipinski definition) is 1. The van der Waals surface area contributed by atoms with E-state index in [-0.39, 0.29) is 30.8 Å². The monoisotopic (exact) mass is 466 g/mol. The first-order valence-electron chi connectivity index (χ1n) is 10.1. The third-order valence-corrected chi connectivity index (χ3v) is 6.61. The molecule has 0 radical (unpaired) electrons. The molecule has 1 fully saturated rings. The van der Waals surface area contributed by atoms with E-state index in [9.17, 15) is 9.59 Å². The van der Waals surface area contributed by atoms with Crippen LogP contribution in [0.15, 0.2) is 42.5 Å². The average Bonchev–Trinajstić information content (AvgIpc) is 3.23. The fourth-order valence-electron chi connectivity index (χ4n) is 3.72. The summed E-state index contributed by atoms with van der Waals surface area (Å²) >= 11 is 18.4. The van der Waals surface area contributed by atoms with E-state index in [2.05, 4.69) is 5.32 Å². The first-order valence-corrected chi connectivity index (χ1v) is 11.3. The Bertz CT molecular complexity index is 913. The number of hydrogen-bond acceptors (Lipinski definition) is 2. The number of carbonyl (C=O) groups is 2. The van der Waals surface area contributed by atoms with Crippen LogP contribution in [0.5, 0.6) is 0 Å². The Morgan fingerprint density at radius 2 is 1.73 bits per heavy atom. The molecule has 0 aliphatic heterocycles. The highest BCUT2D eigenvalue weighted by atomic mass is 35.5. The molecule has 30 heavy (non-hydrogen) atoms. The lowest BCUT2D eigenvalue weighted by atomic mass is 10.1. The summed E-state index contributed by atoms with van der Waals surface area (Å²) in [5, 5.41) is 4.48. The zero-order chi connectivity index (χ0) is 21.7. The zero-order valence-electron chi connectivity index (χ0n) is 16.8. The molecular weight excluding hydrogens is 443 g/mol. The van der Waals surface area contributed by atoms with Crippen molar-refractivity contribution in [2.75, 3.05) is 0 Å². The maximum absolute atomic E-state index is 13.2. The number of nitrogens with zero attached hydrogens (tertiary/aromatic N) is 1. The second-order valence-corrected chi connectivity index (χ2v) is 8.93. The highest BCUT2D eigenvalue weighted by Gasteiger charge is 2.28. The lowest BCUT2D eigenvalue weighted by Crippen LogP contribution is -2.50. The first kappa shape index (κ1) is 22.9. The van der Waals surface area contributed by atoms with Gasteiger partial charge in [0, 0.05) is 17.6 Å². The van der Waals surface area contributed by atoms with E-state index in [1.54, 1.807) is 30.0 Å². The molecular formula is C23H25Cl3N2O2. The fourth-order valence-corrected chi connectivity index (χ4v) is 4.24. The molecule has 0 aromatic heterocycles.